The summed E-state index contributed by atoms with van der Waals surface area (Å²) in [5.74, 6) is 0.967. The minimum Gasteiger partial charge on any atom is -0.330 e. The third-order valence-electron chi connectivity index (χ3n) is 4.74. The van der Waals surface area contributed by atoms with Gasteiger partial charge in [-0.25, -0.2) is 0 Å². The van der Waals surface area contributed by atoms with Crippen LogP contribution in [0.2, 0.25) is 0 Å². The van der Waals surface area contributed by atoms with Crippen LogP contribution in [0.5, 0.6) is 0 Å². The molecule has 2 rings (SSSR count). The van der Waals surface area contributed by atoms with E-state index in [1.54, 1.807) is 0 Å². The lowest BCUT2D eigenvalue weighted by atomic mass is 9.67. The normalized spacial score (nSPS) is 27.6. The zero-order valence-corrected chi connectivity index (χ0v) is 14.4. The van der Waals surface area contributed by atoms with Crippen LogP contribution in [-0.4, -0.2) is 6.54 Å². The molecule has 108 valence electrons. The number of hydrogen-bond acceptors (Lipinski definition) is 2. The molecule has 0 radical (unpaired) electrons. The molecule has 1 saturated carbocycles. The Balaban J connectivity index is 1.90. The van der Waals surface area contributed by atoms with Gasteiger partial charge in [-0.05, 0) is 78.0 Å². The van der Waals surface area contributed by atoms with Gasteiger partial charge >= 0.3 is 0 Å². The van der Waals surface area contributed by atoms with Crippen molar-refractivity contribution >= 4 is 27.3 Å². The van der Waals surface area contributed by atoms with Crippen LogP contribution in [0.1, 0.15) is 56.7 Å². The summed E-state index contributed by atoms with van der Waals surface area (Å²) in [6.45, 7) is 3.14. The third-order valence-corrected chi connectivity index (χ3v) is 6.37. The molecule has 1 nitrogen and oxygen atoms in total. The topological polar surface area (TPSA) is 26.0 Å². The van der Waals surface area contributed by atoms with Gasteiger partial charge in [0, 0.05) is 4.88 Å². The molecule has 0 amide bonds. The highest BCUT2D eigenvalue weighted by Gasteiger charge is 2.34. The van der Waals surface area contributed by atoms with Crippen LogP contribution in [0.15, 0.2) is 15.9 Å². The predicted molar refractivity (Wildman–Crippen MR) is 88.7 cm³/mol. The maximum atomic E-state index is 6.13. The van der Waals surface area contributed by atoms with E-state index >= 15 is 0 Å². The lowest BCUT2D eigenvalue weighted by molar-refractivity contribution is 0.151. The van der Waals surface area contributed by atoms with E-state index in [1.807, 2.05) is 11.3 Å². The van der Waals surface area contributed by atoms with E-state index in [0.29, 0.717) is 5.41 Å². The van der Waals surface area contributed by atoms with Gasteiger partial charge in [-0.2, -0.15) is 0 Å². The predicted octanol–water partition coefficient (Wildman–Crippen LogP) is 5.38. The first-order valence-electron chi connectivity index (χ1n) is 7.62. The molecule has 0 bridgehead atoms. The van der Waals surface area contributed by atoms with Crippen molar-refractivity contribution in [1.29, 1.82) is 0 Å². The molecule has 0 aliphatic heterocycles. The van der Waals surface area contributed by atoms with E-state index in [0.717, 1.165) is 12.5 Å². The smallest absolute Gasteiger partial charge is 0.0701 e. The van der Waals surface area contributed by atoms with Gasteiger partial charge < -0.3 is 5.73 Å². The highest BCUT2D eigenvalue weighted by Crippen LogP contribution is 2.43. The fraction of sp³-hybridized carbons (Fsp3) is 0.750. The van der Waals surface area contributed by atoms with E-state index in [1.165, 1.54) is 60.0 Å². The fourth-order valence-electron chi connectivity index (χ4n) is 3.34. The van der Waals surface area contributed by atoms with Crippen molar-refractivity contribution in [3.63, 3.8) is 0 Å². The quantitative estimate of drug-likeness (QED) is 0.737. The molecule has 0 aromatic carbocycles. The van der Waals surface area contributed by atoms with Crippen molar-refractivity contribution in [2.45, 2.75) is 58.3 Å². The number of rotatable bonds is 6. The highest BCUT2D eigenvalue weighted by molar-refractivity contribution is 9.11. The standard InChI is InChI=1S/C16H26BrNS/c1-2-3-4-13-7-9-16(12-18,10-8-13)11-14-5-6-15(17)19-14/h5-6,13H,2-4,7-12,18H2,1H3. The molecule has 1 fully saturated rings. The summed E-state index contributed by atoms with van der Waals surface area (Å²) < 4.78 is 1.24. The van der Waals surface area contributed by atoms with Gasteiger partial charge in [0.2, 0.25) is 0 Å². The zero-order chi connectivity index (χ0) is 13.7. The lowest BCUT2D eigenvalue weighted by Gasteiger charge is -2.39. The second-order valence-corrected chi connectivity index (χ2v) is 8.72. The van der Waals surface area contributed by atoms with E-state index in [9.17, 15) is 0 Å². The molecule has 1 aromatic rings. The van der Waals surface area contributed by atoms with Gasteiger partial charge in [0.05, 0.1) is 3.79 Å². The van der Waals surface area contributed by atoms with Crippen LogP contribution in [0, 0.1) is 11.3 Å². The van der Waals surface area contributed by atoms with Gasteiger partial charge in [-0.15, -0.1) is 11.3 Å². The van der Waals surface area contributed by atoms with E-state index < -0.39 is 0 Å². The summed E-state index contributed by atoms with van der Waals surface area (Å²) >= 11 is 5.43. The number of unbranched alkanes of at least 4 members (excludes halogenated alkanes) is 1. The second kappa shape index (κ2) is 7.24. The number of thiophene rings is 1. The van der Waals surface area contributed by atoms with E-state index in [-0.39, 0.29) is 0 Å². The van der Waals surface area contributed by atoms with Crippen molar-refractivity contribution in [3.8, 4) is 0 Å². The Kier molecular flexibility index (Phi) is 5.91. The van der Waals surface area contributed by atoms with E-state index in [4.69, 9.17) is 5.73 Å². The Morgan fingerprint density at radius 2 is 2.11 bits per heavy atom. The monoisotopic (exact) mass is 343 g/mol. The van der Waals surface area contributed by atoms with Crippen molar-refractivity contribution in [2.75, 3.05) is 6.54 Å². The summed E-state index contributed by atoms with van der Waals surface area (Å²) in [4.78, 5) is 1.49. The molecule has 1 aromatic heterocycles. The van der Waals surface area contributed by atoms with Crippen LogP contribution in [0.25, 0.3) is 0 Å². The van der Waals surface area contributed by atoms with Crippen molar-refractivity contribution in [2.24, 2.45) is 17.1 Å². The summed E-state index contributed by atoms with van der Waals surface area (Å²) in [5, 5.41) is 0. The minimum absolute atomic E-state index is 0.382. The summed E-state index contributed by atoms with van der Waals surface area (Å²) in [6, 6.07) is 4.42. The summed E-state index contributed by atoms with van der Waals surface area (Å²) in [6.07, 6.45) is 10.8. The number of nitrogens with two attached hydrogens (primary N) is 1. The minimum atomic E-state index is 0.382. The fourth-order valence-corrected chi connectivity index (χ4v) is 5.00. The number of hydrogen-bond donors (Lipinski definition) is 1. The van der Waals surface area contributed by atoms with Gasteiger partial charge in [0.25, 0.3) is 0 Å². The number of halogens is 1. The van der Waals surface area contributed by atoms with Gasteiger partial charge in [0.15, 0.2) is 0 Å². The molecule has 3 heteroatoms. The average Bonchev–Trinajstić information content (AvgIpc) is 2.83. The highest BCUT2D eigenvalue weighted by atomic mass is 79.9. The van der Waals surface area contributed by atoms with E-state index in [2.05, 4.69) is 35.0 Å². The van der Waals surface area contributed by atoms with Gasteiger partial charge in [-0.1, -0.05) is 26.2 Å². The maximum Gasteiger partial charge on any atom is 0.0701 e. The average molecular weight is 344 g/mol. The molecular formula is C16H26BrNS. The third kappa shape index (κ3) is 4.30. The van der Waals surface area contributed by atoms with Crippen molar-refractivity contribution in [1.82, 2.24) is 0 Å². The van der Waals surface area contributed by atoms with Gasteiger partial charge in [-0.3, -0.25) is 0 Å². The Morgan fingerprint density at radius 3 is 2.63 bits per heavy atom. The van der Waals surface area contributed by atoms with Crippen LogP contribution in [0.3, 0.4) is 0 Å². The molecule has 2 N–H and O–H groups in total. The van der Waals surface area contributed by atoms with Crippen LogP contribution in [-0.2, 0) is 6.42 Å². The van der Waals surface area contributed by atoms with Crippen molar-refractivity contribution < 1.29 is 0 Å². The first-order valence-corrected chi connectivity index (χ1v) is 9.23. The Labute approximate surface area is 130 Å². The molecule has 1 aliphatic carbocycles. The summed E-state index contributed by atoms with van der Waals surface area (Å²) in [5.41, 5.74) is 6.51. The van der Waals surface area contributed by atoms with Crippen LogP contribution >= 0.6 is 27.3 Å². The molecular weight excluding hydrogens is 318 g/mol. The molecule has 1 heterocycles. The second-order valence-electron chi connectivity index (χ2n) is 6.17. The molecule has 0 atom stereocenters. The Morgan fingerprint density at radius 1 is 1.37 bits per heavy atom. The zero-order valence-electron chi connectivity index (χ0n) is 12.0. The lowest BCUT2D eigenvalue weighted by Crippen LogP contribution is -2.36. The maximum absolute atomic E-state index is 6.13. The molecule has 0 spiro atoms. The first-order chi connectivity index (χ1) is 9.17. The summed E-state index contributed by atoms with van der Waals surface area (Å²) in [7, 11) is 0. The van der Waals surface area contributed by atoms with Crippen LogP contribution in [0.4, 0.5) is 0 Å². The van der Waals surface area contributed by atoms with Crippen LogP contribution < -0.4 is 5.73 Å². The van der Waals surface area contributed by atoms with Gasteiger partial charge in [0.1, 0.15) is 0 Å². The molecule has 0 saturated heterocycles. The molecule has 1 aliphatic rings. The largest absolute Gasteiger partial charge is 0.330 e. The molecule has 0 unspecified atom stereocenters. The first kappa shape index (κ1) is 15.5. The Hall–Kier alpha value is 0.140. The molecule has 19 heavy (non-hydrogen) atoms. The SMILES string of the molecule is CCCCC1CCC(CN)(Cc2ccc(Br)s2)CC1. The van der Waals surface area contributed by atoms with Crippen molar-refractivity contribution in [3.05, 3.63) is 20.8 Å². The Bertz CT molecular complexity index is 380.